The fourth-order valence-corrected chi connectivity index (χ4v) is 1.91. The Kier molecular flexibility index (Phi) is 4.89. The molecule has 4 nitrogen and oxygen atoms in total. The molecule has 2 rings (SSSR count). The van der Waals surface area contributed by atoms with E-state index in [1.54, 1.807) is 6.20 Å². The van der Waals surface area contributed by atoms with Gasteiger partial charge in [-0.25, -0.2) is 0 Å². The molecule has 0 aliphatic heterocycles. The molecule has 0 bridgehead atoms. The van der Waals surface area contributed by atoms with Gasteiger partial charge in [-0.05, 0) is 42.3 Å². The predicted octanol–water partition coefficient (Wildman–Crippen LogP) is 1.88. The van der Waals surface area contributed by atoms with E-state index in [9.17, 15) is 5.11 Å². The molecular formula is C15H19N3O. The Morgan fingerprint density at radius 1 is 1.26 bits per heavy atom. The number of nitrogens with two attached hydrogens (primary N) is 1. The van der Waals surface area contributed by atoms with Crippen molar-refractivity contribution in [3.8, 4) is 0 Å². The molecule has 1 heterocycles. The van der Waals surface area contributed by atoms with E-state index in [2.05, 4.69) is 10.3 Å². The summed E-state index contributed by atoms with van der Waals surface area (Å²) in [5.74, 6) is 0. The first-order valence-electron chi connectivity index (χ1n) is 6.39. The van der Waals surface area contributed by atoms with Gasteiger partial charge in [-0.2, -0.15) is 0 Å². The fraction of sp³-hybridized carbons (Fsp3) is 0.267. The van der Waals surface area contributed by atoms with E-state index in [4.69, 9.17) is 5.73 Å². The Balaban J connectivity index is 1.74. The number of aliphatic hydroxyl groups excluding tert-OH is 1. The van der Waals surface area contributed by atoms with Gasteiger partial charge < -0.3 is 16.2 Å². The topological polar surface area (TPSA) is 71.2 Å². The summed E-state index contributed by atoms with van der Waals surface area (Å²) in [5.41, 5.74) is 8.38. The van der Waals surface area contributed by atoms with Crippen LogP contribution in [0.15, 0.2) is 48.8 Å². The molecule has 0 spiro atoms. The number of aromatic nitrogens is 1. The molecule has 0 fully saturated rings. The predicted molar refractivity (Wildman–Crippen MR) is 76.4 cm³/mol. The van der Waals surface area contributed by atoms with E-state index in [1.807, 2.05) is 42.6 Å². The van der Waals surface area contributed by atoms with Crippen LogP contribution in [0, 0.1) is 0 Å². The molecule has 4 N–H and O–H groups in total. The summed E-state index contributed by atoms with van der Waals surface area (Å²) < 4.78 is 0. The molecule has 0 saturated carbocycles. The SMILES string of the molecule is Nc1cccc(C(O)CCNCc2cccnc2)c1. The van der Waals surface area contributed by atoms with Crippen LogP contribution in [0.1, 0.15) is 23.7 Å². The summed E-state index contributed by atoms with van der Waals surface area (Å²) in [6, 6.07) is 11.3. The van der Waals surface area contributed by atoms with E-state index in [1.165, 1.54) is 0 Å². The van der Waals surface area contributed by atoms with Crippen LogP contribution >= 0.6 is 0 Å². The Morgan fingerprint density at radius 2 is 2.16 bits per heavy atom. The van der Waals surface area contributed by atoms with Crippen molar-refractivity contribution in [3.05, 3.63) is 59.9 Å². The summed E-state index contributed by atoms with van der Waals surface area (Å²) in [5, 5.41) is 13.3. The van der Waals surface area contributed by atoms with E-state index in [0.717, 1.165) is 24.2 Å². The number of rotatable bonds is 6. The lowest BCUT2D eigenvalue weighted by Gasteiger charge is -2.12. The number of hydrogen-bond donors (Lipinski definition) is 3. The summed E-state index contributed by atoms with van der Waals surface area (Å²) in [6.45, 7) is 1.50. The molecule has 0 radical (unpaired) electrons. The first-order chi connectivity index (χ1) is 9.25. The van der Waals surface area contributed by atoms with E-state index >= 15 is 0 Å². The van der Waals surface area contributed by atoms with Gasteiger partial charge in [0.1, 0.15) is 0 Å². The zero-order valence-electron chi connectivity index (χ0n) is 10.8. The maximum atomic E-state index is 10.0. The van der Waals surface area contributed by atoms with Crippen LogP contribution in [0.2, 0.25) is 0 Å². The highest BCUT2D eigenvalue weighted by atomic mass is 16.3. The second kappa shape index (κ2) is 6.87. The number of benzene rings is 1. The first kappa shape index (κ1) is 13.5. The minimum absolute atomic E-state index is 0.482. The van der Waals surface area contributed by atoms with Gasteiger partial charge in [0.15, 0.2) is 0 Å². The number of nitrogens with one attached hydrogen (secondary N) is 1. The molecule has 1 unspecified atom stereocenters. The molecule has 0 amide bonds. The van der Waals surface area contributed by atoms with Crippen molar-refractivity contribution in [1.82, 2.24) is 10.3 Å². The van der Waals surface area contributed by atoms with Gasteiger partial charge in [-0.3, -0.25) is 4.98 Å². The second-order valence-corrected chi connectivity index (χ2v) is 4.51. The summed E-state index contributed by atoms with van der Waals surface area (Å²) in [4.78, 5) is 4.05. The molecule has 4 heteroatoms. The highest BCUT2D eigenvalue weighted by molar-refractivity contribution is 5.41. The van der Waals surface area contributed by atoms with Crippen molar-refractivity contribution in [1.29, 1.82) is 0 Å². The molecule has 100 valence electrons. The van der Waals surface area contributed by atoms with Gasteiger partial charge in [0.25, 0.3) is 0 Å². The zero-order chi connectivity index (χ0) is 13.5. The Morgan fingerprint density at radius 3 is 2.89 bits per heavy atom. The maximum Gasteiger partial charge on any atom is 0.0802 e. The minimum atomic E-state index is -0.482. The second-order valence-electron chi connectivity index (χ2n) is 4.51. The number of hydrogen-bond acceptors (Lipinski definition) is 4. The smallest absolute Gasteiger partial charge is 0.0802 e. The van der Waals surface area contributed by atoms with Crippen LogP contribution in [-0.4, -0.2) is 16.6 Å². The number of nitrogen functional groups attached to an aromatic ring is 1. The molecule has 1 aromatic carbocycles. The Bertz CT molecular complexity index is 502. The summed E-state index contributed by atoms with van der Waals surface area (Å²) in [7, 11) is 0. The number of aliphatic hydroxyl groups is 1. The monoisotopic (exact) mass is 257 g/mol. The Labute approximate surface area is 113 Å². The minimum Gasteiger partial charge on any atom is -0.399 e. The highest BCUT2D eigenvalue weighted by Gasteiger charge is 2.06. The third-order valence-corrected chi connectivity index (χ3v) is 2.94. The van der Waals surface area contributed by atoms with Gasteiger partial charge in [0.05, 0.1) is 6.10 Å². The average molecular weight is 257 g/mol. The molecular weight excluding hydrogens is 238 g/mol. The molecule has 19 heavy (non-hydrogen) atoms. The van der Waals surface area contributed by atoms with Crippen molar-refractivity contribution in [2.75, 3.05) is 12.3 Å². The fourth-order valence-electron chi connectivity index (χ4n) is 1.91. The van der Waals surface area contributed by atoms with Gasteiger partial charge in [-0.15, -0.1) is 0 Å². The van der Waals surface area contributed by atoms with Crippen LogP contribution in [-0.2, 0) is 6.54 Å². The highest BCUT2D eigenvalue weighted by Crippen LogP contribution is 2.18. The van der Waals surface area contributed by atoms with Gasteiger partial charge in [0.2, 0.25) is 0 Å². The van der Waals surface area contributed by atoms with E-state index < -0.39 is 6.10 Å². The normalized spacial score (nSPS) is 12.3. The van der Waals surface area contributed by atoms with Crippen LogP contribution < -0.4 is 11.1 Å². The van der Waals surface area contributed by atoms with Gasteiger partial charge in [0, 0.05) is 24.6 Å². The van der Waals surface area contributed by atoms with Crippen molar-refractivity contribution < 1.29 is 5.11 Å². The molecule has 0 aliphatic rings. The quantitative estimate of drug-likeness (QED) is 0.546. The summed E-state index contributed by atoms with van der Waals surface area (Å²) >= 11 is 0. The lowest BCUT2D eigenvalue weighted by Crippen LogP contribution is -2.17. The number of anilines is 1. The molecule has 1 atom stereocenters. The van der Waals surface area contributed by atoms with Crippen LogP contribution in [0.4, 0.5) is 5.69 Å². The van der Waals surface area contributed by atoms with Crippen molar-refractivity contribution in [2.24, 2.45) is 0 Å². The van der Waals surface area contributed by atoms with Gasteiger partial charge >= 0.3 is 0 Å². The van der Waals surface area contributed by atoms with Crippen LogP contribution in [0.25, 0.3) is 0 Å². The first-order valence-corrected chi connectivity index (χ1v) is 6.39. The number of pyridine rings is 1. The molecule has 0 saturated heterocycles. The van der Waals surface area contributed by atoms with E-state index in [0.29, 0.717) is 12.1 Å². The lowest BCUT2D eigenvalue weighted by atomic mass is 10.1. The standard InChI is InChI=1S/C15H19N3O/c16-14-5-1-4-13(9-14)15(19)6-8-18-11-12-3-2-7-17-10-12/h1-5,7,9-10,15,18-19H,6,8,11,16H2. The van der Waals surface area contributed by atoms with Gasteiger partial charge in [-0.1, -0.05) is 18.2 Å². The molecule has 1 aromatic heterocycles. The van der Waals surface area contributed by atoms with Crippen molar-refractivity contribution in [2.45, 2.75) is 19.1 Å². The molecule has 0 aliphatic carbocycles. The number of nitrogens with zero attached hydrogens (tertiary/aromatic N) is 1. The third-order valence-electron chi connectivity index (χ3n) is 2.94. The van der Waals surface area contributed by atoms with Crippen molar-refractivity contribution in [3.63, 3.8) is 0 Å². The average Bonchev–Trinajstić information content (AvgIpc) is 2.44. The third kappa shape index (κ3) is 4.35. The lowest BCUT2D eigenvalue weighted by molar-refractivity contribution is 0.167. The Hall–Kier alpha value is -1.91. The molecule has 2 aromatic rings. The van der Waals surface area contributed by atoms with Crippen LogP contribution in [0.5, 0.6) is 0 Å². The largest absolute Gasteiger partial charge is 0.399 e. The zero-order valence-corrected chi connectivity index (χ0v) is 10.8. The van der Waals surface area contributed by atoms with Crippen LogP contribution in [0.3, 0.4) is 0 Å². The summed E-state index contributed by atoms with van der Waals surface area (Å²) in [6.07, 6.45) is 3.77. The maximum absolute atomic E-state index is 10.0. The van der Waals surface area contributed by atoms with Crippen molar-refractivity contribution >= 4 is 5.69 Å². The van der Waals surface area contributed by atoms with E-state index in [-0.39, 0.29) is 0 Å².